The van der Waals surface area contributed by atoms with E-state index in [1.807, 2.05) is 24.3 Å². The van der Waals surface area contributed by atoms with Crippen molar-refractivity contribution in [2.75, 3.05) is 12.3 Å². The number of H-pyrrole nitrogens is 2. The molecule has 0 atom stereocenters. The predicted molar refractivity (Wildman–Crippen MR) is 77.1 cm³/mol. The first kappa shape index (κ1) is 12.4. The molecule has 3 rings (SSSR count). The van der Waals surface area contributed by atoms with Crippen LogP contribution in [0.2, 0.25) is 0 Å². The van der Waals surface area contributed by atoms with Crippen molar-refractivity contribution in [3.8, 4) is 11.4 Å². The van der Waals surface area contributed by atoms with Gasteiger partial charge >= 0.3 is 0 Å². The van der Waals surface area contributed by atoms with Crippen molar-refractivity contribution < 1.29 is 0 Å². The summed E-state index contributed by atoms with van der Waals surface area (Å²) in [7, 11) is 0. The largest absolute Gasteiger partial charge is 0.369 e. The van der Waals surface area contributed by atoms with Crippen LogP contribution in [0.15, 0.2) is 29.1 Å². The molecule has 0 saturated carbocycles. The van der Waals surface area contributed by atoms with Gasteiger partial charge in [-0.1, -0.05) is 24.3 Å². The van der Waals surface area contributed by atoms with Crippen LogP contribution in [-0.2, 0) is 6.42 Å². The lowest BCUT2D eigenvalue weighted by Crippen LogP contribution is -2.10. The Morgan fingerprint density at radius 2 is 1.95 bits per heavy atom. The maximum absolute atomic E-state index is 11.8. The van der Waals surface area contributed by atoms with Gasteiger partial charge in [0, 0.05) is 5.56 Å². The van der Waals surface area contributed by atoms with Gasteiger partial charge in [-0.15, -0.1) is 0 Å². The Bertz CT molecular complexity index is 819. The molecule has 0 radical (unpaired) electrons. The number of benzene rings is 1. The van der Waals surface area contributed by atoms with Gasteiger partial charge in [-0.25, -0.2) is 4.98 Å². The molecule has 0 aliphatic rings. The number of anilines is 1. The second-order valence-corrected chi connectivity index (χ2v) is 4.43. The van der Waals surface area contributed by atoms with Crippen molar-refractivity contribution in [3.05, 3.63) is 40.2 Å². The fourth-order valence-corrected chi connectivity index (χ4v) is 2.18. The molecule has 0 unspecified atom stereocenters. The van der Waals surface area contributed by atoms with Crippen molar-refractivity contribution in [2.24, 2.45) is 5.73 Å². The molecule has 2 aromatic heterocycles. The number of rotatable bonds is 3. The van der Waals surface area contributed by atoms with Crippen molar-refractivity contribution in [2.45, 2.75) is 6.42 Å². The van der Waals surface area contributed by atoms with Gasteiger partial charge in [-0.05, 0) is 18.5 Å². The summed E-state index contributed by atoms with van der Waals surface area (Å²) in [5.41, 5.74) is 13.4. The van der Waals surface area contributed by atoms with Crippen molar-refractivity contribution in [1.29, 1.82) is 0 Å². The lowest BCUT2D eigenvalue weighted by molar-refractivity contribution is 0.968. The van der Waals surface area contributed by atoms with Crippen LogP contribution in [0.25, 0.3) is 22.6 Å². The third-order valence-electron chi connectivity index (χ3n) is 3.07. The average Bonchev–Trinajstić information content (AvgIpc) is 2.83. The van der Waals surface area contributed by atoms with E-state index >= 15 is 0 Å². The van der Waals surface area contributed by atoms with Crippen molar-refractivity contribution >= 4 is 17.1 Å². The number of nitrogens with one attached hydrogen (secondary N) is 2. The van der Waals surface area contributed by atoms with Crippen LogP contribution < -0.4 is 17.0 Å². The van der Waals surface area contributed by atoms with E-state index in [2.05, 4.69) is 19.9 Å². The number of nitrogens with zero attached hydrogens (tertiary/aromatic N) is 2. The number of imidazole rings is 1. The Morgan fingerprint density at radius 3 is 2.75 bits per heavy atom. The number of hydrogen-bond acceptors (Lipinski definition) is 5. The zero-order valence-corrected chi connectivity index (χ0v) is 10.7. The summed E-state index contributed by atoms with van der Waals surface area (Å²) >= 11 is 0. The first-order valence-corrected chi connectivity index (χ1v) is 6.23. The maximum Gasteiger partial charge on any atom is 0.278 e. The molecular weight excluding hydrogens is 256 g/mol. The summed E-state index contributed by atoms with van der Waals surface area (Å²) in [5, 5.41) is 0. The molecule has 0 amide bonds. The molecule has 0 bridgehead atoms. The normalized spacial score (nSPS) is 11.1. The Labute approximate surface area is 114 Å². The van der Waals surface area contributed by atoms with E-state index in [0.29, 0.717) is 23.5 Å². The predicted octanol–water partition coefficient (Wildman–Crippen LogP) is 0.397. The van der Waals surface area contributed by atoms with E-state index in [0.717, 1.165) is 17.5 Å². The van der Waals surface area contributed by atoms with Gasteiger partial charge in [0.15, 0.2) is 11.2 Å². The Kier molecular flexibility index (Phi) is 2.96. The molecule has 0 saturated heterocycles. The van der Waals surface area contributed by atoms with Crippen LogP contribution in [-0.4, -0.2) is 26.5 Å². The van der Waals surface area contributed by atoms with Gasteiger partial charge in [0.1, 0.15) is 5.82 Å². The Balaban J connectivity index is 2.20. The van der Waals surface area contributed by atoms with Crippen LogP contribution >= 0.6 is 0 Å². The van der Waals surface area contributed by atoms with Gasteiger partial charge in [-0.3, -0.25) is 9.78 Å². The van der Waals surface area contributed by atoms with Gasteiger partial charge in [0.25, 0.3) is 5.56 Å². The number of fused-ring (bicyclic) bond motifs is 1. The van der Waals surface area contributed by atoms with Crippen molar-refractivity contribution in [3.63, 3.8) is 0 Å². The lowest BCUT2D eigenvalue weighted by Gasteiger charge is -2.05. The van der Waals surface area contributed by atoms with E-state index in [1.165, 1.54) is 0 Å². The minimum Gasteiger partial charge on any atom is -0.369 e. The van der Waals surface area contributed by atoms with Gasteiger partial charge in [0.2, 0.25) is 5.95 Å². The first-order chi connectivity index (χ1) is 9.69. The highest BCUT2D eigenvalue weighted by Gasteiger charge is 2.12. The molecule has 2 heterocycles. The Morgan fingerprint density at radius 1 is 1.15 bits per heavy atom. The highest BCUT2D eigenvalue weighted by atomic mass is 16.1. The molecule has 0 spiro atoms. The molecular formula is C13H14N6O. The second kappa shape index (κ2) is 4.78. The van der Waals surface area contributed by atoms with Crippen LogP contribution in [0.5, 0.6) is 0 Å². The smallest absolute Gasteiger partial charge is 0.278 e. The van der Waals surface area contributed by atoms with Gasteiger partial charge < -0.3 is 16.5 Å². The van der Waals surface area contributed by atoms with E-state index in [9.17, 15) is 4.79 Å². The highest BCUT2D eigenvalue weighted by molar-refractivity contribution is 5.76. The van der Waals surface area contributed by atoms with Gasteiger partial charge in [-0.2, -0.15) is 4.98 Å². The molecule has 0 aliphatic heterocycles. The third kappa shape index (κ3) is 2.04. The van der Waals surface area contributed by atoms with E-state index in [4.69, 9.17) is 11.5 Å². The highest BCUT2D eigenvalue weighted by Crippen LogP contribution is 2.22. The monoisotopic (exact) mass is 270 g/mol. The summed E-state index contributed by atoms with van der Waals surface area (Å²) in [6.45, 7) is 0.545. The SMILES string of the molecule is NCCc1ccccc1-c1nc2nc(N)[nH]c(=O)c2[nH]1. The summed E-state index contributed by atoms with van der Waals surface area (Å²) < 4.78 is 0. The first-order valence-electron chi connectivity index (χ1n) is 6.23. The fourth-order valence-electron chi connectivity index (χ4n) is 2.18. The van der Waals surface area contributed by atoms with E-state index in [1.54, 1.807) is 0 Å². The molecule has 1 aromatic carbocycles. The number of aromatic nitrogens is 4. The number of hydrogen-bond donors (Lipinski definition) is 4. The number of nitrogen functional groups attached to an aromatic ring is 1. The van der Waals surface area contributed by atoms with Gasteiger partial charge in [0.05, 0.1) is 0 Å². The average molecular weight is 270 g/mol. The fraction of sp³-hybridized carbons (Fsp3) is 0.154. The molecule has 7 heteroatoms. The second-order valence-electron chi connectivity index (χ2n) is 4.43. The minimum atomic E-state index is -0.331. The number of nitrogens with two attached hydrogens (primary N) is 2. The lowest BCUT2D eigenvalue weighted by atomic mass is 10.0. The molecule has 20 heavy (non-hydrogen) atoms. The van der Waals surface area contributed by atoms with Crippen LogP contribution in [0.1, 0.15) is 5.56 Å². The van der Waals surface area contributed by atoms with E-state index < -0.39 is 0 Å². The molecule has 0 aliphatic carbocycles. The summed E-state index contributed by atoms with van der Waals surface area (Å²) in [6.07, 6.45) is 0.735. The summed E-state index contributed by atoms with van der Waals surface area (Å²) in [5.74, 6) is 0.642. The quantitative estimate of drug-likeness (QED) is 0.548. The number of aromatic amines is 2. The summed E-state index contributed by atoms with van der Waals surface area (Å²) in [4.78, 5) is 25.6. The Hall–Kier alpha value is -2.67. The van der Waals surface area contributed by atoms with Crippen LogP contribution in [0, 0.1) is 0 Å². The summed E-state index contributed by atoms with van der Waals surface area (Å²) in [6, 6.07) is 7.77. The van der Waals surface area contributed by atoms with Crippen molar-refractivity contribution in [1.82, 2.24) is 19.9 Å². The third-order valence-corrected chi connectivity index (χ3v) is 3.07. The standard InChI is InChI=1S/C13H14N6O/c14-6-5-7-3-1-2-4-8(7)10-16-9-11(17-10)18-13(15)19-12(9)20/h1-4H,5-6,14H2,(H4,15,16,17,18,19,20). The van der Waals surface area contributed by atoms with Crippen LogP contribution in [0.4, 0.5) is 5.95 Å². The molecule has 7 nitrogen and oxygen atoms in total. The molecule has 6 N–H and O–H groups in total. The topological polar surface area (TPSA) is 126 Å². The zero-order chi connectivity index (χ0) is 14.1. The molecule has 102 valence electrons. The van der Waals surface area contributed by atoms with Crippen LogP contribution in [0.3, 0.4) is 0 Å². The zero-order valence-electron chi connectivity index (χ0n) is 10.7. The molecule has 0 fully saturated rings. The minimum absolute atomic E-state index is 0.0517. The maximum atomic E-state index is 11.8. The molecule has 3 aromatic rings. The van der Waals surface area contributed by atoms with E-state index in [-0.39, 0.29) is 11.5 Å².